The maximum Gasteiger partial charge on any atom is 0.408 e. The van der Waals surface area contributed by atoms with Gasteiger partial charge < -0.3 is 14.8 Å². The summed E-state index contributed by atoms with van der Waals surface area (Å²) in [6, 6.07) is 6.73. The Balaban J connectivity index is 2.84. The highest BCUT2D eigenvalue weighted by Gasteiger charge is 2.26. The first kappa shape index (κ1) is 20.2. The zero-order valence-corrected chi connectivity index (χ0v) is 17.3. The minimum absolute atomic E-state index is 0.287. The molecule has 23 heavy (non-hydrogen) atoms. The van der Waals surface area contributed by atoms with Crippen LogP contribution in [0.4, 0.5) is 4.79 Å². The first-order valence-corrected chi connectivity index (χ1v) is 9.19. The van der Waals surface area contributed by atoms with E-state index in [2.05, 4.69) is 21.2 Å². The molecule has 1 unspecified atom stereocenters. The Morgan fingerprint density at radius 1 is 1.35 bits per heavy atom. The second kappa shape index (κ2) is 8.86. The minimum atomic E-state index is -0.809. The molecule has 1 aromatic rings. The average Bonchev–Trinajstić information content (AvgIpc) is 2.34. The van der Waals surface area contributed by atoms with Gasteiger partial charge in [0.2, 0.25) is 0 Å². The van der Waals surface area contributed by atoms with Crippen molar-refractivity contribution in [3.05, 3.63) is 34.3 Å². The number of hydrogen-bond acceptors (Lipinski definition) is 4. The molecule has 1 aromatic carbocycles. The molecular formula is C16H21BrINO4. The summed E-state index contributed by atoms with van der Waals surface area (Å²) in [6.07, 6.45) is -0.323. The van der Waals surface area contributed by atoms with Crippen molar-refractivity contribution >= 4 is 50.6 Å². The smallest absolute Gasteiger partial charge is 0.408 e. The summed E-state index contributed by atoms with van der Waals surface area (Å²) in [5.74, 6) is -0.488. The van der Waals surface area contributed by atoms with E-state index in [9.17, 15) is 9.59 Å². The molecule has 1 amide bonds. The number of esters is 1. The molecule has 0 bridgehead atoms. The highest BCUT2D eigenvalue weighted by Crippen LogP contribution is 2.15. The molecule has 0 radical (unpaired) electrons. The number of nitrogens with one attached hydrogen (secondary N) is 1. The van der Waals surface area contributed by atoms with Crippen LogP contribution in [0.1, 0.15) is 33.3 Å². The third kappa shape index (κ3) is 8.55. The zero-order valence-electron chi connectivity index (χ0n) is 13.6. The van der Waals surface area contributed by atoms with Crippen LogP contribution in [0.2, 0.25) is 0 Å². The van der Waals surface area contributed by atoms with Crippen LogP contribution in [0.5, 0.6) is 0 Å². The van der Waals surface area contributed by atoms with Crippen molar-refractivity contribution in [3.63, 3.8) is 0 Å². The predicted octanol–water partition coefficient (Wildman–Crippen LogP) is 4.21. The van der Waals surface area contributed by atoms with Gasteiger partial charge in [0.05, 0.1) is 0 Å². The number of benzene rings is 1. The largest absolute Gasteiger partial charge is 0.450 e. The van der Waals surface area contributed by atoms with Crippen molar-refractivity contribution in [2.45, 2.75) is 49.9 Å². The number of carbonyl (C=O) groups excluding carboxylic acids is 2. The van der Waals surface area contributed by atoms with Gasteiger partial charge in [-0.25, -0.2) is 9.59 Å². The highest BCUT2D eigenvalue weighted by atomic mass is 127. The Morgan fingerprint density at radius 3 is 2.52 bits per heavy atom. The summed E-state index contributed by atoms with van der Waals surface area (Å²) in [7, 11) is 0. The van der Waals surface area contributed by atoms with Crippen molar-refractivity contribution in [2.75, 3.05) is 0 Å². The number of hydrogen-bond donors (Lipinski definition) is 1. The minimum Gasteiger partial charge on any atom is -0.450 e. The number of carbonyl (C=O) groups is 2. The van der Waals surface area contributed by atoms with E-state index < -0.39 is 23.7 Å². The van der Waals surface area contributed by atoms with E-state index in [0.717, 1.165) is 10.0 Å². The Labute approximate surface area is 158 Å². The van der Waals surface area contributed by atoms with Crippen LogP contribution < -0.4 is 5.32 Å². The quantitative estimate of drug-likeness (QED) is 0.376. The third-order valence-electron chi connectivity index (χ3n) is 2.58. The summed E-state index contributed by atoms with van der Waals surface area (Å²) in [6.45, 7) is 7.05. The molecule has 0 aliphatic rings. The number of amides is 1. The molecule has 1 N–H and O–H groups in total. The molecule has 2 atom stereocenters. The fourth-order valence-corrected chi connectivity index (χ4v) is 2.48. The van der Waals surface area contributed by atoms with Gasteiger partial charge in [0.15, 0.2) is 0 Å². The van der Waals surface area contributed by atoms with E-state index in [1.165, 1.54) is 0 Å². The number of alkyl carbamates (subject to hydrolysis) is 1. The summed E-state index contributed by atoms with van der Waals surface area (Å²) < 4.78 is 11.0. The molecule has 0 saturated carbocycles. The van der Waals surface area contributed by atoms with Crippen LogP contribution in [0.25, 0.3) is 0 Å². The van der Waals surface area contributed by atoms with Crippen molar-refractivity contribution in [3.8, 4) is 0 Å². The molecule has 0 aliphatic heterocycles. The van der Waals surface area contributed by atoms with Crippen LogP contribution >= 0.6 is 38.5 Å². The Kier molecular flexibility index (Phi) is 7.79. The maximum absolute atomic E-state index is 12.2. The normalized spacial score (nSPS) is 13.8. The van der Waals surface area contributed by atoms with E-state index in [1.807, 2.05) is 46.9 Å². The topological polar surface area (TPSA) is 64.6 Å². The molecule has 0 aliphatic carbocycles. The van der Waals surface area contributed by atoms with E-state index in [-0.39, 0.29) is 4.11 Å². The van der Waals surface area contributed by atoms with Crippen LogP contribution in [-0.4, -0.2) is 27.8 Å². The lowest BCUT2D eigenvalue weighted by Crippen LogP contribution is -2.45. The monoisotopic (exact) mass is 497 g/mol. The van der Waals surface area contributed by atoms with Crippen molar-refractivity contribution in [1.82, 2.24) is 5.32 Å². The molecule has 1 rings (SSSR count). The van der Waals surface area contributed by atoms with Gasteiger partial charge in [-0.2, -0.15) is 0 Å². The van der Waals surface area contributed by atoms with E-state index in [0.29, 0.717) is 6.42 Å². The fraction of sp³-hybridized carbons (Fsp3) is 0.500. The summed E-state index contributed by atoms with van der Waals surface area (Å²) in [5, 5.41) is 2.59. The molecule has 0 aromatic heterocycles. The van der Waals surface area contributed by atoms with E-state index in [4.69, 9.17) is 9.47 Å². The standard InChI is InChI=1S/C16H21BrINO4/c1-10(18)22-14(20)13(19-15(21)23-16(2,3)4)9-11-6-5-7-12(17)8-11/h5-8,10,13H,9H2,1-4H3,(H,19,21)/t10?,13-/m1/s1. The van der Waals surface area contributed by atoms with Crippen LogP contribution in [0.15, 0.2) is 28.7 Å². The lowest BCUT2D eigenvalue weighted by atomic mass is 10.1. The highest BCUT2D eigenvalue weighted by molar-refractivity contribution is 14.1. The van der Waals surface area contributed by atoms with Crippen LogP contribution in [0.3, 0.4) is 0 Å². The van der Waals surface area contributed by atoms with Crippen molar-refractivity contribution in [1.29, 1.82) is 0 Å². The molecule has 0 saturated heterocycles. The molecule has 128 valence electrons. The van der Waals surface area contributed by atoms with Crippen molar-refractivity contribution in [2.24, 2.45) is 0 Å². The van der Waals surface area contributed by atoms with Gasteiger partial charge in [-0.15, -0.1) is 0 Å². The molecule has 0 fully saturated rings. The molecule has 7 heteroatoms. The second-order valence-corrected chi connectivity index (χ2v) is 8.68. The van der Waals surface area contributed by atoms with E-state index in [1.54, 1.807) is 27.7 Å². The zero-order chi connectivity index (χ0) is 17.6. The Bertz CT molecular complexity index is 557. The fourth-order valence-electron chi connectivity index (χ4n) is 1.78. The Morgan fingerprint density at radius 2 is 2.00 bits per heavy atom. The van der Waals surface area contributed by atoms with Gasteiger partial charge in [-0.05, 0) is 68.0 Å². The molecule has 5 nitrogen and oxygen atoms in total. The van der Waals surface area contributed by atoms with Gasteiger partial charge >= 0.3 is 12.1 Å². The summed E-state index contributed by atoms with van der Waals surface area (Å²) in [5.41, 5.74) is 0.267. The number of ether oxygens (including phenoxy) is 2. The van der Waals surface area contributed by atoms with Crippen LogP contribution in [0, 0.1) is 0 Å². The van der Waals surface area contributed by atoms with Crippen molar-refractivity contribution < 1.29 is 19.1 Å². The lowest BCUT2D eigenvalue weighted by Gasteiger charge is -2.23. The van der Waals surface area contributed by atoms with Gasteiger partial charge in [-0.3, -0.25) is 0 Å². The molecular weight excluding hydrogens is 477 g/mol. The number of alkyl halides is 1. The van der Waals surface area contributed by atoms with Gasteiger partial charge in [0.25, 0.3) is 0 Å². The summed E-state index contributed by atoms with van der Waals surface area (Å²) >= 11 is 5.38. The third-order valence-corrected chi connectivity index (χ3v) is 3.33. The number of rotatable bonds is 5. The average molecular weight is 498 g/mol. The predicted molar refractivity (Wildman–Crippen MR) is 101 cm³/mol. The molecule has 0 spiro atoms. The first-order chi connectivity index (χ1) is 10.6. The van der Waals surface area contributed by atoms with Crippen LogP contribution in [-0.2, 0) is 20.7 Å². The lowest BCUT2D eigenvalue weighted by molar-refractivity contribution is -0.146. The van der Waals surface area contributed by atoms with Gasteiger partial charge in [0, 0.05) is 10.9 Å². The maximum atomic E-state index is 12.2. The first-order valence-electron chi connectivity index (χ1n) is 7.15. The second-order valence-electron chi connectivity index (χ2n) is 6.01. The Hall–Kier alpha value is -0.830. The van der Waals surface area contributed by atoms with Gasteiger partial charge in [0.1, 0.15) is 15.8 Å². The SMILES string of the molecule is CC(I)OC(=O)[C@@H](Cc1cccc(Br)c1)NC(=O)OC(C)(C)C. The molecule has 0 heterocycles. The summed E-state index contributed by atoms with van der Waals surface area (Å²) in [4.78, 5) is 24.2. The number of halogens is 2. The van der Waals surface area contributed by atoms with E-state index >= 15 is 0 Å². The van der Waals surface area contributed by atoms with Gasteiger partial charge in [-0.1, -0.05) is 28.1 Å².